The lowest BCUT2D eigenvalue weighted by Crippen LogP contribution is -2.41. The summed E-state index contributed by atoms with van der Waals surface area (Å²) in [5.41, 5.74) is -0.393. The third-order valence-electron chi connectivity index (χ3n) is 4.32. The van der Waals surface area contributed by atoms with Crippen molar-refractivity contribution in [3.63, 3.8) is 0 Å². The van der Waals surface area contributed by atoms with E-state index in [1.807, 2.05) is 6.07 Å². The van der Waals surface area contributed by atoms with Gasteiger partial charge in [0.25, 0.3) is 10.8 Å². The number of nitrogens with zero attached hydrogens (tertiary/aromatic N) is 2. The van der Waals surface area contributed by atoms with Crippen molar-refractivity contribution in [2.75, 3.05) is 22.5 Å². The summed E-state index contributed by atoms with van der Waals surface area (Å²) in [5, 5.41) is 13.5. The molecule has 1 aliphatic rings. The second-order valence-corrected chi connectivity index (χ2v) is 9.05. The average Bonchev–Trinajstić information content (AvgIpc) is 2.73. The highest BCUT2D eigenvalue weighted by atomic mass is 32.2. The molecule has 3 rings (SSSR count). The van der Waals surface area contributed by atoms with Gasteiger partial charge in [-0.3, -0.25) is 25.0 Å². The predicted molar refractivity (Wildman–Crippen MR) is 125 cm³/mol. The second-order valence-electron chi connectivity index (χ2n) is 7.98. The molecule has 10 heteroatoms. The third kappa shape index (κ3) is 6.11. The Hall–Kier alpha value is -3.84. The van der Waals surface area contributed by atoms with Gasteiger partial charge < -0.3 is 9.64 Å². The normalized spacial score (nSPS) is 13.7. The summed E-state index contributed by atoms with van der Waals surface area (Å²) in [6, 6.07) is 11.4. The van der Waals surface area contributed by atoms with Gasteiger partial charge >= 0.3 is 12.0 Å². The number of anilines is 2. The van der Waals surface area contributed by atoms with Crippen LogP contribution in [0, 0.1) is 22.0 Å². The van der Waals surface area contributed by atoms with Crippen LogP contribution in [0.5, 0.6) is 0 Å². The van der Waals surface area contributed by atoms with Gasteiger partial charge in [0.1, 0.15) is 11.3 Å². The highest BCUT2D eigenvalue weighted by molar-refractivity contribution is 8.15. The van der Waals surface area contributed by atoms with Crippen LogP contribution < -0.4 is 10.2 Å². The number of rotatable bonds is 3. The van der Waals surface area contributed by atoms with Gasteiger partial charge in [-0.2, -0.15) is 0 Å². The maximum absolute atomic E-state index is 12.6. The monoisotopic (exact) mass is 467 g/mol. The van der Waals surface area contributed by atoms with E-state index in [0.29, 0.717) is 11.3 Å². The molecule has 33 heavy (non-hydrogen) atoms. The van der Waals surface area contributed by atoms with E-state index in [1.165, 1.54) is 17.0 Å². The summed E-state index contributed by atoms with van der Waals surface area (Å²) in [6.45, 7) is 5.18. The fourth-order valence-corrected chi connectivity index (χ4v) is 3.65. The molecule has 0 bridgehead atoms. The molecular weight excluding hydrogens is 446 g/mol. The number of amides is 2. The number of thioether (sulfide) groups is 1. The molecule has 0 saturated carbocycles. The Kier molecular flexibility index (Phi) is 7.04. The maximum atomic E-state index is 12.6. The number of nitro benzene ring substituents is 1. The minimum absolute atomic E-state index is 0.173. The highest BCUT2D eigenvalue weighted by Crippen LogP contribution is 2.35. The Labute approximate surface area is 194 Å². The van der Waals surface area contributed by atoms with Crippen LogP contribution in [-0.4, -0.2) is 39.9 Å². The minimum atomic E-state index is -0.892. The van der Waals surface area contributed by atoms with Gasteiger partial charge in [-0.25, -0.2) is 4.79 Å². The molecular formula is C23H21N3O6S. The average molecular weight is 468 g/mol. The van der Waals surface area contributed by atoms with Crippen molar-refractivity contribution in [3.8, 4) is 11.8 Å². The van der Waals surface area contributed by atoms with Crippen LogP contribution in [0.4, 0.5) is 21.9 Å². The van der Waals surface area contributed by atoms with Gasteiger partial charge in [-0.15, -0.1) is 0 Å². The van der Waals surface area contributed by atoms with Crippen molar-refractivity contribution < 1.29 is 24.0 Å². The summed E-state index contributed by atoms with van der Waals surface area (Å²) >= 11 is 0.906. The first-order valence-electron chi connectivity index (χ1n) is 9.93. The summed E-state index contributed by atoms with van der Waals surface area (Å²) < 4.78 is 5.20. The largest absolute Gasteiger partial charge is 0.444 e. The van der Waals surface area contributed by atoms with Crippen molar-refractivity contribution in [1.29, 1.82) is 0 Å². The standard InChI is InChI=1S/C23H21N3O6S/c1-23(2,3)32-22(29)24-17-14-18(25-11-12-33-21(28)20(25)27)16(13-19(17)26(30)31)10-9-15-7-5-4-6-8-15/h4-8,13-14H,11-12H2,1-3H3,(H,24,29). The van der Waals surface area contributed by atoms with Crippen LogP contribution >= 0.6 is 11.8 Å². The molecule has 0 radical (unpaired) electrons. The molecule has 0 spiro atoms. The summed E-state index contributed by atoms with van der Waals surface area (Å²) in [5.74, 6) is 5.38. The number of hydrogen-bond acceptors (Lipinski definition) is 7. The highest BCUT2D eigenvalue weighted by Gasteiger charge is 2.32. The SMILES string of the molecule is CC(C)(C)OC(=O)Nc1cc(N2CCSC(=O)C2=O)c(C#Cc2ccccc2)cc1[N+](=O)[O-]. The van der Waals surface area contributed by atoms with E-state index in [4.69, 9.17) is 4.74 Å². The molecule has 2 aromatic carbocycles. The number of nitrogens with one attached hydrogen (secondary N) is 1. The number of hydrogen-bond donors (Lipinski definition) is 1. The van der Waals surface area contributed by atoms with Crippen LogP contribution in [0.25, 0.3) is 0 Å². The number of benzene rings is 2. The molecule has 0 atom stereocenters. The second kappa shape index (κ2) is 9.75. The van der Waals surface area contributed by atoms with Crippen LogP contribution in [0.2, 0.25) is 0 Å². The van der Waals surface area contributed by atoms with Crippen LogP contribution in [0.3, 0.4) is 0 Å². The van der Waals surface area contributed by atoms with E-state index in [-0.39, 0.29) is 23.5 Å². The Balaban J connectivity index is 2.13. The van der Waals surface area contributed by atoms with E-state index in [9.17, 15) is 24.5 Å². The van der Waals surface area contributed by atoms with Gasteiger partial charge in [0.05, 0.1) is 16.2 Å². The smallest absolute Gasteiger partial charge is 0.412 e. The maximum Gasteiger partial charge on any atom is 0.412 e. The fourth-order valence-electron chi connectivity index (χ4n) is 2.96. The summed E-state index contributed by atoms with van der Waals surface area (Å²) in [6.07, 6.45) is -0.892. The molecule has 0 unspecified atom stereocenters. The Morgan fingerprint density at radius 1 is 1.18 bits per heavy atom. The number of nitro groups is 1. The lowest BCUT2D eigenvalue weighted by atomic mass is 10.1. The molecule has 2 aromatic rings. The fraction of sp³-hybridized carbons (Fsp3) is 0.261. The van der Waals surface area contributed by atoms with Crippen molar-refractivity contribution in [2.24, 2.45) is 0 Å². The molecule has 1 aliphatic heterocycles. The number of carbonyl (C=O) groups is 3. The molecule has 9 nitrogen and oxygen atoms in total. The van der Waals surface area contributed by atoms with Gasteiger partial charge in [-0.05, 0) is 39.0 Å². The van der Waals surface area contributed by atoms with E-state index in [1.54, 1.807) is 45.0 Å². The zero-order valence-electron chi connectivity index (χ0n) is 18.2. The lowest BCUT2D eigenvalue weighted by molar-refractivity contribution is -0.383. The summed E-state index contributed by atoms with van der Waals surface area (Å²) in [4.78, 5) is 49.1. The Morgan fingerprint density at radius 2 is 1.88 bits per heavy atom. The van der Waals surface area contributed by atoms with Gasteiger partial charge in [0.2, 0.25) is 0 Å². The van der Waals surface area contributed by atoms with Crippen LogP contribution in [0.1, 0.15) is 31.9 Å². The molecule has 170 valence electrons. The van der Waals surface area contributed by atoms with E-state index < -0.39 is 33.3 Å². The Bertz CT molecular complexity index is 1180. The number of ether oxygens (including phenoxy) is 1. The van der Waals surface area contributed by atoms with Gasteiger partial charge in [0.15, 0.2) is 0 Å². The van der Waals surface area contributed by atoms with E-state index in [0.717, 1.165) is 11.8 Å². The van der Waals surface area contributed by atoms with Crippen LogP contribution in [0.15, 0.2) is 42.5 Å². The molecule has 1 saturated heterocycles. The number of carbonyl (C=O) groups excluding carboxylic acids is 3. The first-order chi connectivity index (χ1) is 15.5. The quantitative estimate of drug-likeness (QED) is 0.314. The zero-order valence-corrected chi connectivity index (χ0v) is 19.0. The van der Waals surface area contributed by atoms with E-state index >= 15 is 0 Å². The third-order valence-corrected chi connectivity index (χ3v) is 5.14. The molecule has 0 aliphatic carbocycles. The van der Waals surface area contributed by atoms with Crippen molar-refractivity contribution in [3.05, 3.63) is 63.7 Å². The van der Waals surface area contributed by atoms with Gasteiger partial charge in [0, 0.05) is 23.9 Å². The summed E-state index contributed by atoms with van der Waals surface area (Å²) in [7, 11) is 0. The molecule has 2 amide bonds. The Morgan fingerprint density at radius 3 is 2.52 bits per heavy atom. The molecule has 1 N–H and O–H groups in total. The molecule has 1 fully saturated rings. The van der Waals surface area contributed by atoms with E-state index in [2.05, 4.69) is 17.2 Å². The first kappa shape index (κ1) is 23.8. The zero-order chi connectivity index (χ0) is 24.2. The minimum Gasteiger partial charge on any atom is -0.444 e. The van der Waals surface area contributed by atoms with Crippen molar-refractivity contribution in [2.45, 2.75) is 26.4 Å². The molecule has 0 aromatic heterocycles. The lowest BCUT2D eigenvalue weighted by Gasteiger charge is -2.27. The first-order valence-corrected chi connectivity index (χ1v) is 10.9. The topological polar surface area (TPSA) is 119 Å². The van der Waals surface area contributed by atoms with Crippen LogP contribution in [-0.2, 0) is 14.3 Å². The van der Waals surface area contributed by atoms with Gasteiger partial charge in [-0.1, -0.05) is 41.8 Å². The van der Waals surface area contributed by atoms with Crippen molar-refractivity contribution >= 4 is 45.9 Å². The van der Waals surface area contributed by atoms with Crippen molar-refractivity contribution in [1.82, 2.24) is 0 Å². The predicted octanol–water partition coefficient (Wildman–Crippen LogP) is 3.95. The molecule has 1 heterocycles.